The molecular weight excluding hydrogens is 434 g/mol. The van der Waals surface area contributed by atoms with Crippen molar-refractivity contribution in [2.45, 2.75) is 56.2 Å². The predicted octanol–water partition coefficient (Wildman–Crippen LogP) is 5.10. The van der Waals surface area contributed by atoms with Crippen molar-refractivity contribution in [2.24, 2.45) is 0 Å². The second-order valence-electron chi connectivity index (χ2n) is 7.79. The highest BCUT2D eigenvalue weighted by molar-refractivity contribution is 8.00. The Morgan fingerprint density at radius 3 is 2.47 bits per heavy atom. The molecule has 32 heavy (non-hydrogen) atoms. The first-order chi connectivity index (χ1) is 15.4. The summed E-state index contributed by atoms with van der Waals surface area (Å²) in [5.41, 5.74) is 1.26. The fraction of sp³-hybridized carbons (Fsp3) is 0.417. The Hall–Kier alpha value is -2.61. The molecule has 0 bridgehead atoms. The second kappa shape index (κ2) is 11.9. The number of nitrogens with zero attached hydrogens (tertiary/aromatic N) is 1. The summed E-state index contributed by atoms with van der Waals surface area (Å²) in [7, 11) is 1.87. The minimum Gasteiger partial charge on any atom is -0.435 e. The van der Waals surface area contributed by atoms with E-state index in [1.165, 1.54) is 43.2 Å². The van der Waals surface area contributed by atoms with Crippen LogP contribution in [0.5, 0.6) is 5.75 Å². The van der Waals surface area contributed by atoms with Gasteiger partial charge in [0.25, 0.3) is 5.91 Å². The molecule has 0 aliphatic heterocycles. The van der Waals surface area contributed by atoms with Crippen LogP contribution in [0.3, 0.4) is 0 Å². The highest BCUT2D eigenvalue weighted by Crippen LogP contribution is 2.26. The summed E-state index contributed by atoms with van der Waals surface area (Å²) in [6.45, 7) is -2.63. The smallest absolute Gasteiger partial charge is 0.387 e. The molecule has 0 aromatic heterocycles. The van der Waals surface area contributed by atoms with Crippen molar-refractivity contribution in [3.05, 3.63) is 59.7 Å². The number of hydrogen-bond acceptors (Lipinski definition) is 4. The van der Waals surface area contributed by atoms with Gasteiger partial charge >= 0.3 is 6.61 Å². The van der Waals surface area contributed by atoms with Gasteiger partial charge in [-0.15, -0.1) is 11.8 Å². The molecule has 172 valence electrons. The van der Waals surface area contributed by atoms with E-state index in [4.69, 9.17) is 0 Å². The molecular formula is C24H28F2N2O3S. The Balaban J connectivity index is 1.54. The zero-order valence-electron chi connectivity index (χ0n) is 18.1. The number of nitrogens with one attached hydrogen (secondary N) is 1. The maximum atomic E-state index is 12.7. The molecule has 0 heterocycles. The average Bonchev–Trinajstić information content (AvgIpc) is 2.81. The van der Waals surface area contributed by atoms with Gasteiger partial charge in [0.1, 0.15) is 5.75 Å². The molecule has 2 aromatic carbocycles. The predicted molar refractivity (Wildman–Crippen MR) is 121 cm³/mol. The van der Waals surface area contributed by atoms with Crippen LogP contribution < -0.4 is 10.1 Å². The van der Waals surface area contributed by atoms with E-state index in [-0.39, 0.29) is 29.9 Å². The molecule has 5 nitrogen and oxygen atoms in total. The molecule has 0 radical (unpaired) electrons. The van der Waals surface area contributed by atoms with Gasteiger partial charge in [-0.3, -0.25) is 9.59 Å². The minimum atomic E-state index is -2.87. The van der Waals surface area contributed by atoms with Crippen LogP contribution in [0.25, 0.3) is 0 Å². The van der Waals surface area contributed by atoms with E-state index >= 15 is 0 Å². The zero-order valence-corrected chi connectivity index (χ0v) is 18.9. The van der Waals surface area contributed by atoms with Crippen LogP contribution in [-0.4, -0.2) is 42.2 Å². The van der Waals surface area contributed by atoms with Crippen LogP contribution in [0, 0.1) is 0 Å². The molecule has 1 aliphatic rings. The number of hydrogen-bond donors (Lipinski definition) is 1. The number of thioether (sulfide) groups is 1. The third kappa shape index (κ3) is 6.95. The minimum absolute atomic E-state index is 0.0692. The summed E-state index contributed by atoms with van der Waals surface area (Å²) in [6, 6.07) is 13.6. The lowest BCUT2D eigenvalue weighted by Gasteiger charge is -2.31. The van der Waals surface area contributed by atoms with Crippen molar-refractivity contribution in [1.29, 1.82) is 0 Å². The summed E-state index contributed by atoms with van der Waals surface area (Å²) in [5.74, 6) is 0.167. The van der Waals surface area contributed by atoms with E-state index in [0.29, 0.717) is 11.6 Å². The molecule has 1 saturated carbocycles. The van der Waals surface area contributed by atoms with Gasteiger partial charge in [-0.1, -0.05) is 43.5 Å². The van der Waals surface area contributed by atoms with Gasteiger partial charge in [0.2, 0.25) is 5.91 Å². The lowest BCUT2D eigenvalue weighted by Crippen LogP contribution is -2.39. The molecule has 0 atom stereocenters. The molecule has 0 unspecified atom stereocenters. The Kier molecular flexibility index (Phi) is 8.90. The van der Waals surface area contributed by atoms with E-state index in [1.54, 1.807) is 24.3 Å². The standard InChI is InChI=1S/C24H28F2N2O3S/c1-28(18-7-3-2-4-8-18)22(29)16-32-21-10-6-5-9-20(21)23(30)27-15-17-11-13-19(14-12-17)31-24(25)26/h5-6,9-14,18,24H,2-4,7-8,15-16H2,1H3,(H,27,30). The number of carbonyl (C=O) groups is 2. The van der Waals surface area contributed by atoms with Crippen LogP contribution in [0.2, 0.25) is 0 Å². The first-order valence-electron chi connectivity index (χ1n) is 10.7. The van der Waals surface area contributed by atoms with Crippen molar-refractivity contribution in [1.82, 2.24) is 10.2 Å². The molecule has 1 aliphatic carbocycles. The number of amides is 2. The number of halogens is 2. The fourth-order valence-electron chi connectivity index (χ4n) is 3.76. The number of benzene rings is 2. The molecule has 1 fully saturated rings. The van der Waals surface area contributed by atoms with Crippen molar-refractivity contribution in [3.8, 4) is 5.75 Å². The Bertz CT molecular complexity index is 902. The van der Waals surface area contributed by atoms with Gasteiger partial charge in [-0.05, 0) is 42.7 Å². The molecule has 2 aromatic rings. The molecule has 8 heteroatoms. The van der Waals surface area contributed by atoms with E-state index in [9.17, 15) is 18.4 Å². The number of rotatable bonds is 9. The summed E-state index contributed by atoms with van der Waals surface area (Å²) in [4.78, 5) is 28.0. The van der Waals surface area contributed by atoms with Gasteiger partial charge in [0.05, 0.1) is 11.3 Å². The molecule has 0 saturated heterocycles. The van der Waals surface area contributed by atoms with Crippen molar-refractivity contribution in [3.63, 3.8) is 0 Å². The zero-order chi connectivity index (χ0) is 22.9. The summed E-state index contributed by atoms with van der Waals surface area (Å²) in [6.07, 6.45) is 5.69. The third-order valence-electron chi connectivity index (χ3n) is 5.60. The SMILES string of the molecule is CN(C(=O)CSc1ccccc1C(=O)NCc1ccc(OC(F)F)cc1)C1CCCCC1. The molecule has 0 spiro atoms. The monoisotopic (exact) mass is 462 g/mol. The third-order valence-corrected chi connectivity index (χ3v) is 6.66. The maximum absolute atomic E-state index is 12.7. The van der Waals surface area contributed by atoms with Gasteiger partial charge in [-0.2, -0.15) is 8.78 Å². The van der Waals surface area contributed by atoms with E-state index in [2.05, 4.69) is 10.1 Å². The first kappa shape index (κ1) is 24.0. The van der Waals surface area contributed by atoms with Crippen molar-refractivity contribution in [2.75, 3.05) is 12.8 Å². The lowest BCUT2D eigenvalue weighted by molar-refractivity contribution is -0.129. The van der Waals surface area contributed by atoms with Gasteiger partial charge < -0.3 is 15.0 Å². The number of ether oxygens (including phenoxy) is 1. The number of alkyl halides is 2. The molecule has 3 rings (SSSR count). The van der Waals surface area contributed by atoms with Crippen LogP contribution in [0.1, 0.15) is 48.0 Å². The number of carbonyl (C=O) groups excluding carboxylic acids is 2. The van der Waals surface area contributed by atoms with Crippen LogP contribution >= 0.6 is 11.8 Å². The second-order valence-corrected chi connectivity index (χ2v) is 8.80. The average molecular weight is 463 g/mol. The Morgan fingerprint density at radius 1 is 1.09 bits per heavy atom. The van der Waals surface area contributed by atoms with Crippen LogP contribution in [-0.2, 0) is 11.3 Å². The first-order valence-corrected chi connectivity index (χ1v) is 11.7. The fourth-order valence-corrected chi connectivity index (χ4v) is 4.73. The topological polar surface area (TPSA) is 58.6 Å². The Labute approximate surface area is 191 Å². The highest BCUT2D eigenvalue weighted by Gasteiger charge is 2.22. The van der Waals surface area contributed by atoms with Crippen LogP contribution in [0.4, 0.5) is 8.78 Å². The van der Waals surface area contributed by atoms with E-state index in [1.807, 2.05) is 24.1 Å². The summed E-state index contributed by atoms with van der Waals surface area (Å²) < 4.78 is 28.8. The van der Waals surface area contributed by atoms with Gasteiger partial charge in [0.15, 0.2) is 0 Å². The Morgan fingerprint density at radius 2 is 1.78 bits per heavy atom. The maximum Gasteiger partial charge on any atom is 0.387 e. The van der Waals surface area contributed by atoms with Gasteiger partial charge in [0, 0.05) is 24.5 Å². The summed E-state index contributed by atoms with van der Waals surface area (Å²) in [5, 5.41) is 2.84. The summed E-state index contributed by atoms with van der Waals surface area (Å²) >= 11 is 1.37. The highest BCUT2D eigenvalue weighted by atomic mass is 32.2. The van der Waals surface area contributed by atoms with E-state index < -0.39 is 6.61 Å². The van der Waals surface area contributed by atoms with Gasteiger partial charge in [-0.25, -0.2) is 0 Å². The largest absolute Gasteiger partial charge is 0.435 e. The van der Waals surface area contributed by atoms with E-state index in [0.717, 1.165) is 23.3 Å². The lowest BCUT2D eigenvalue weighted by atomic mass is 9.94. The van der Waals surface area contributed by atoms with Crippen molar-refractivity contribution < 1.29 is 23.1 Å². The van der Waals surface area contributed by atoms with Crippen molar-refractivity contribution >= 4 is 23.6 Å². The normalized spacial score (nSPS) is 14.2. The molecule has 2 amide bonds. The van der Waals surface area contributed by atoms with Crippen LogP contribution in [0.15, 0.2) is 53.4 Å². The molecule has 1 N–H and O–H groups in total. The quantitative estimate of drug-likeness (QED) is 0.527.